The van der Waals surface area contributed by atoms with E-state index in [1.54, 1.807) is 54.4 Å². The topological polar surface area (TPSA) is 93.9 Å². The fraction of sp³-hybridized carbons (Fsp3) is 0.318. The maximum atomic E-state index is 13.2. The summed E-state index contributed by atoms with van der Waals surface area (Å²) in [6, 6.07) is 9.21. The molecular weight excluding hydrogens is 422 g/mol. The summed E-state index contributed by atoms with van der Waals surface area (Å²) in [6.45, 7) is 4.14. The summed E-state index contributed by atoms with van der Waals surface area (Å²) in [6.07, 6.45) is 1.58. The maximum absolute atomic E-state index is 13.2. The van der Waals surface area contributed by atoms with Gasteiger partial charge >= 0.3 is 0 Å². The molecule has 162 valence electrons. The van der Waals surface area contributed by atoms with Gasteiger partial charge < -0.3 is 14.8 Å². The minimum Gasteiger partial charge on any atom is -0.493 e. The third kappa shape index (κ3) is 3.05. The summed E-state index contributed by atoms with van der Waals surface area (Å²) in [5.41, 5.74) is 0.393. The number of rotatable bonds is 6. The van der Waals surface area contributed by atoms with Crippen molar-refractivity contribution in [2.24, 2.45) is 0 Å². The average Bonchev–Trinajstić information content (AvgIpc) is 3.22. The molecule has 1 fully saturated rings. The zero-order valence-electron chi connectivity index (χ0n) is 17.1. The van der Waals surface area contributed by atoms with Crippen LogP contribution in [-0.2, 0) is 10.3 Å². The van der Waals surface area contributed by atoms with E-state index < -0.39 is 23.4 Å². The molecule has 3 atom stereocenters. The van der Waals surface area contributed by atoms with Gasteiger partial charge in [0.05, 0.1) is 18.1 Å². The molecule has 0 unspecified atom stereocenters. The largest absolute Gasteiger partial charge is 0.493 e. The molecule has 1 N–H and O–H groups in total. The molecule has 9 heteroatoms. The summed E-state index contributed by atoms with van der Waals surface area (Å²) in [5.74, 6) is -0.289. The van der Waals surface area contributed by atoms with Crippen LogP contribution in [0.2, 0.25) is 5.02 Å². The first-order chi connectivity index (χ1) is 14.9. The van der Waals surface area contributed by atoms with Gasteiger partial charge in [-0.2, -0.15) is 0 Å². The van der Waals surface area contributed by atoms with Gasteiger partial charge in [0.2, 0.25) is 0 Å². The van der Waals surface area contributed by atoms with Crippen LogP contribution in [0, 0.1) is 10.1 Å². The normalized spacial score (nSPS) is 24.7. The van der Waals surface area contributed by atoms with Crippen LogP contribution in [-0.4, -0.2) is 49.1 Å². The molecule has 2 heterocycles. The number of halogens is 1. The Balaban J connectivity index is 1.85. The third-order valence-electron chi connectivity index (χ3n) is 6.07. The first-order valence-electron chi connectivity index (χ1n) is 9.73. The molecule has 2 aliphatic heterocycles. The quantitative estimate of drug-likeness (QED) is 0.417. The number of nitrogens with zero attached hydrogens (tertiary/aromatic N) is 2. The van der Waals surface area contributed by atoms with Crippen molar-refractivity contribution in [2.75, 3.05) is 32.6 Å². The second-order valence-corrected chi connectivity index (χ2v) is 8.02. The van der Waals surface area contributed by atoms with Crippen molar-refractivity contribution in [1.82, 2.24) is 4.90 Å². The van der Waals surface area contributed by atoms with Gasteiger partial charge in [-0.3, -0.25) is 19.8 Å². The van der Waals surface area contributed by atoms with E-state index in [9.17, 15) is 14.9 Å². The van der Waals surface area contributed by atoms with Crippen molar-refractivity contribution in [3.8, 4) is 11.5 Å². The predicted molar refractivity (Wildman–Crippen MR) is 117 cm³/mol. The number of hydrogen-bond donors (Lipinski definition) is 1. The molecule has 2 aromatic carbocycles. The number of likely N-dealkylation sites (N-methyl/N-ethyl adjacent to an activating group) is 1. The number of likely N-dealkylation sites (tertiary alicyclic amines) is 1. The zero-order valence-corrected chi connectivity index (χ0v) is 17.9. The van der Waals surface area contributed by atoms with Gasteiger partial charge in [-0.05, 0) is 30.8 Å². The van der Waals surface area contributed by atoms with E-state index in [0.29, 0.717) is 34.9 Å². The Morgan fingerprint density at radius 3 is 2.84 bits per heavy atom. The van der Waals surface area contributed by atoms with Gasteiger partial charge in [-0.1, -0.05) is 42.5 Å². The minimum absolute atomic E-state index is 0.235. The molecular formula is C22H22ClN3O5. The SMILES string of the molecule is C=CCOc1c(Cl)cc([C@@H]2CN(C)[C@@]3(C(=O)Nc4ccccc43)[C@@H]2[N+](=O)[O-])cc1OC. The minimum atomic E-state index is -1.41. The van der Waals surface area contributed by atoms with E-state index in [-0.39, 0.29) is 16.6 Å². The Morgan fingerprint density at radius 2 is 2.16 bits per heavy atom. The van der Waals surface area contributed by atoms with Crippen molar-refractivity contribution in [3.05, 3.63) is 75.3 Å². The van der Waals surface area contributed by atoms with Crippen LogP contribution in [0.3, 0.4) is 0 Å². The monoisotopic (exact) mass is 443 g/mol. The molecule has 0 aromatic heterocycles. The van der Waals surface area contributed by atoms with Gasteiger partial charge in [0.1, 0.15) is 6.61 Å². The highest BCUT2D eigenvalue weighted by molar-refractivity contribution is 6.32. The molecule has 2 aromatic rings. The lowest BCUT2D eigenvalue weighted by molar-refractivity contribution is -0.534. The van der Waals surface area contributed by atoms with Crippen LogP contribution in [0.4, 0.5) is 5.69 Å². The Bertz CT molecular complexity index is 1080. The second-order valence-electron chi connectivity index (χ2n) is 7.62. The molecule has 2 aliphatic rings. The number of nitro groups is 1. The van der Waals surface area contributed by atoms with Crippen LogP contribution in [0.1, 0.15) is 17.0 Å². The van der Waals surface area contributed by atoms with E-state index >= 15 is 0 Å². The molecule has 1 saturated heterocycles. The van der Waals surface area contributed by atoms with E-state index in [1.807, 2.05) is 0 Å². The summed E-state index contributed by atoms with van der Waals surface area (Å²) >= 11 is 6.45. The van der Waals surface area contributed by atoms with Crippen molar-refractivity contribution >= 4 is 23.2 Å². The highest BCUT2D eigenvalue weighted by Crippen LogP contribution is 2.53. The first kappa shape index (κ1) is 21.1. The zero-order chi connectivity index (χ0) is 22.3. The fourth-order valence-electron chi connectivity index (χ4n) is 4.82. The third-order valence-corrected chi connectivity index (χ3v) is 6.35. The molecule has 0 aliphatic carbocycles. The number of amides is 1. The number of fused-ring (bicyclic) bond motifs is 2. The van der Waals surface area contributed by atoms with E-state index in [0.717, 1.165) is 0 Å². The highest BCUT2D eigenvalue weighted by atomic mass is 35.5. The Labute approximate surface area is 184 Å². The Morgan fingerprint density at radius 1 is 1.42 bits per heavy atom. The number of carbonyl (C=O) groups excluding carboxylic acids is 1. The number of anilines is 1. The van der Waals surface area contributed by atoms with Gasteiger partial charge in [0.15, 0.2) is 17.0 Å². The average molecular weight is 444 g/mol. The molecule has 1 amide bonds. The molecule has 31 heavy (non-hydrogen) atoms. The molecule has 0 saturated carbocycles. The predicted octanol–water partition coefficient (Wildman–Crippen LogP) is 3.44. The lowest BCUT2D eigenvalue weighted by Crippen LogP contribution is -2.54. The van der Waals surface area contributed by atoms with Crippen molar-refractivity contribution in [3.63, 3.8) is 0 Å². The lowest BCUT2D eigenvalue weighted by Gasteiger charge is -2.30. The standard InChI is InChI=1S/C22H22ClN3O5/c1-4-9-31-19-16(23)10-13(11-18(19)30-3)14-12-25(2)22(20(14)26(28)29)15-7-5-6-8-17(15)24-21(22)27/h4-8,10-11,14,20H,1,9,12H2,2-3H3,(H,24,27)/t14-,20+,22+/m0/s1. The summed E-state index contributed by atoms with van der Waals surface area (Å²) in [7, 11) is 3.21. The van der Waals surface area contributed by atoms with Crippen LogP contribution < -0.4 is 14.8 Å². The van der Waals surface area contributed by atoms with Gasteiger partial charge in [-0.25, -0.2) is 0 Å². The van der Waals surface area contributed by atoms with Crippen molar-refractivity contribution in [2.45, 2.75) is 17.5 Å². The number of methoxy groups -OCH3 is 1. The summed E-state index contributed by atoms with van der Waals surface area (Å²) in [5, 5.41) is 15.5. The van der Waals surface area contributed by atoms with Crippen LogP contribution >= 0.6 is 11.6 Å². The number of para-hydroxylation sites is 1. The van der Waals surface area contributed by atoms with Crippen LogP contribution in [0.5, 0.6) is 11.5 Å². The number of carbonyl (C=O) groups is 1. The number of hydrogen-bond acceptors (Lipinski definition) is 6. The summed E-state index contributed by atoms with van der Waals surface area (Å²) < 4.78 is 11.0. The molecule has 8 nitrogen and oxygen atoms in total. The molecule has 0 radical (unpaired) electrons. The van der Waals surface area contributed by atoms with E-state index in [1.165, 1.54) is 7.11 Å². The maximum Gasteiger partial charge on any atom is 0.256 e. The van der Waals surface area contributed by atoms with Gasteiger partial charge in [-0.15, -0.1) is 0 Å². The molecule has 1 spiro atoms. The van der Waals surface area contributed by atoms with Crippen LogP contribution in [0.25, 0.3) is 0 Å². The lowest BCUT2D eigenvalue weighted by atomic mass is 9.79. The van der Waals surface area contributed by atoms with Gasteiger partial charge in [0.25, 0.3) is 11.9 Å². The van der Waals surface area contributed by atoms with Crippen LogP contribution in [0.15, 0.2) is 49.1 Å². The van der Waals surface area contributed by atoms with E-state index in [4.69, 9.17) is 21.1 Å². The first-order valence-corrected chi connectivity index (χ1v) is 10.1. The number of ether oxygens (including phenoxy) is 2. The smallest absolute Gasteiger partial charge is 0.256 e. The summed E-state index contributed by atoms with van der Waals surface area (Å²) in [4.78, 5) is 27.0. The Hall–Kier alpha value is -3.10. The van der Waals surface area contributed by atoms with Crippen molar-refractivity contribution in [1.29, 1.82) is 0 Å². The number of benzene rings is 2. The van der Waals surface area contributed by atoms with Gasteiger partial charge in [0, 0.05) is 22.7 Å². The highest BCUT2D eigenvalue weighted by Gasteiger charge is 2.68. The molecule has 4 rings (SSSR count). The second kappa shape index (κ2) is 7.86. The number of nitrogens with one attached hydrogen (secondary N) is 1. The fourth-order valence-corrected chi connectivity index (χ4v) is 5.09. The Kier molecular flexibility index (Phi) is 5.36. The van der Waals surface area contributed by atoms with E-state index in [2.05, 4.69) is 11.9 Å². The van der Waals surface area contributed by atoms with Crippen molar-refractivity contribution < 1.29 is 19.2 Å². The molecule has 0 bridgehead atoms.